The minimum absolute atomic E-state index is 0.237. The van der Waals surface area contributed by atoms with Crippen LogP contribution in [0, 0.1) is 6.92 Å². The van der Waals surface area contributed by atoms with Crippen LogP contribution < -0.4 is 20.5 Å². The lowest BCUT2D eigenvalue weighted by Crippen LogP contribution is -2.44. The normalized spacial score (nSPS) is 17.3. The summed E-state index contributed by atoms with van der Waals surface area (Å²) in [6.07, 6.45) is 1.70. The summed E-state index contributed by atoms with van der Waals surface area (Å²) in [5, 5.41) is 3.41. The van der Waals surface area contributed by atoms with Gasteiger partial charge in [-0.3, -0.25) is 14.4 Å². The van der Waals surface area contributed by atoms with Crippen molar-refractivity contribution in [3.8, 4) is 5.75 Å². The second kappa shape index (κ2) is 11.0. The van der Waals surface area contributed by atoms with Crippen LogP contribution in [0.15, 0.2) is 65.6 Å². The van der Waals surface area contributed by atoms with E-state index in [0.29, 0.717) is 40.7 Å². The molecule has 1 aromatic heterocycles. The van der Waals surface area contributed by atoms with Gasteiger partial charge in [0.25, 0.3) is 11.5 Å². The molecule has 0 unspecified atom stereocenters. The second-order valence-corrected chi connectivity index (χ2v) is 9.06. The highest BCUT2D eigenvalue weighted by Gasteiger charge is 2.44. The number of hydrogen-bond acceptors (Lipinski definition) is 5. The third-order valence-electron chi connectivity index (χ3n) is 6.40. The molecule has 0 spiro atoms. The van der Waals surface area contributed by atoms with Crippen LogP contribution in [0.1, 0.15) is 27.4 Å². The SMILES string of the molecule is COCCn1ccc(C)c(N2C[C@@H](c3ccc(OC)cc3)[C@H](NC(=O)c3ccc(Cl)cc3)C2=O)c1=O. The van der Waals surface area contributed by atoms with Crippen molar-refractivity contribution in [3.05, 3.63) is 92.9 Å². The molecule has 2 heterocycles. The van der Waals surface area contributed by atoms with Crippen LogP contribution >= 0.6 is 11.6 Å². The Kier molecular flexibility index (Phi) is 7.76. The van der Waals surface area contributed by atoms with Crippen LogP contribution in [-0.2, 0) is 16.1 Å². The van der Waals surface area contributed by atoms with E-state index in [-0.39, 0.29) is 23.9 Å². The van der Waals surface area contributed by atoms with Gasteiger partial charge in [-0.05, 0) is 60.5 Å². The molecule has 3 aromatic rings. The van der Waals surface area contributed by atoms with Gasteiger partial charge in [0.2, 0.25) is 5.91 Å². The van der Waals surface area contributed by atoms with Gasteiger partial charge in [-0.25, -0.2) is 0 Å². The first-order chi connectivity index (χ1) is 17.3. The summed E-state index contributed by atoms with van der Waals surface area (Å²) in [4.78, 5) is 41.6. The fourth-order valence-corrected chi connectivity index (χ4v) is 4.54. The number of hydrogen-bond donors (Lipinski definition) is 1. The molecule has 36 heavy (non-hydrogen) atoms. The molecule has 4 rings (SSSR count). The number of ether oxygens (including phenoxy) is 2. The lowest BCUT2D eigenvalue weighted by molar-refractivity contribution is -0.118. The van der Waals surface area contributed by atoms with Gasteiger partial charge in [0.05, 0.1) is 13.7 Å². The van der Waals surface area contributed by atoms with Gasteiger partial charge >= 0.3 is 0 Å². The molecule has 1 fully saturated rings. The Morgan fingerprint density at radius 1 is 1.06 bits per heavy atom. The fourth-order valence-electron chi connectivity index (χ4n) is 4.42. The summed E-state index contributed by atoms with van der Waals surface area (Å²) < 4.78 is 11.9. The van der Waals surface area contributed by atoms with Crippen LogP contribution in [0.3, 0.4) is 0 Å². The number of benzene rings is 2. The smallest absolute Gasteiger partial charge is 0.274 e. The number of carbonyl (C=O) groups is 2. The molecule has 2 atom stereocenters. The van der Waals surface area contributed by atoms with E-state index in [1.807, 2.05) is 30.3 Å². The summed E-state index contributed by atoms with van der Waals surface area (Å²) in [6.45, 7) is 2.77. The molecule has 1 aliphatic rings. The van der Waals surface area contributed by atoms with Crippen LogP contribution in [0.25, 0.3) is 0 Å². The molecule has 188 valence electrons. The Bertz CT molecular complexity index is 1300. The number of methoxy groups -OCH3 is 2. The summed E-state index contributed by atoms with van der Waals surface area (Å²) in [5.74, 6) is -0.441. The monoisotopic (exact) mass is 509 g/mol. The summed E-state index contributed by atoms with van der Waals surface area (Å²) >= 11 is 5.96. The first kappa shape index (κ1) is 25.5. The molecule has 1 N–H and O–H groups in total. The number of rotatable bonds is 8. The number of aryl methyl sites for hydroxylation is 1. The minimum Gasteiger partial charge on any atom is -0.497 e. The maximum atomic E-state index is 13.8. The highest BCUT2D eigenvalue weighted by atomic mass is 35.5. The van der Waals surface area contributed by atoms with Crippen molar-refractivity contribution in [2.75, 3.05) is 32.3 Å². The number of anilines is 1. The van der Waals surface area contributed by atoms with E-state index in [0.717, 1.165) is 5.56 Å². The lowest BCUT2D eigenvalue weighted by Gasteiger charge is -2.20. The maximum Gasteiger partial charge on any atom is 0.274 e. The zero-order valence-electron chi connectivity index (χ0n) is 20.4. The van der Waals surface area contributed by atoms with Crippen molar-refractivity contribution in [3.63, 3.8) is 0 Å². The Labute approximate surface area is 214 Å². The Hall–Kier alpha value is -3.62. The van der Waals surface area contributed by atoms with Crippen LogP contribution in [0.4, 0.5) is 5.69 Å². The number of nitrogens with zero attached hydrogens (tertiary/aromatic N) is 2. The van der Waals surface area contributed by atoms with Gasteiger partial charge in [0.15, 0.2) is 0 Å². The molecule has 1 aliphatic heterocycles. The van der Waals surface area contributed by atoms with Crippen molar-refractivity contribution in [1.82, 2.24) is 9.88 Å². The predicted molar refractivity (Wildman–Crippen MR) is 138 cm³/mol. The van der Waals surface area contributed by atoms with Gasteiger partial charge in [-0.2, -0.15) is 0 Å². The van der Waals surface area contributed by atoms with Crippen molar-refractivity contribution in [1.29, 1.82) is 0 Å². The first-order valence-corrected chi connectivity index (χ1v) is 11.9. The molecular formula is C27H28ClN3O5. The maximum absolute atomic E-state index is 13.8. The van der Waals surface area contributed by atoms with E-state index < -0.39 is 11.9 Å². The Morgan fingerprint density at radius 2 is 1.75 bits per heavy atom. The highest BCUT2D eigenvalue weighted by Crippen LogP contribution is 2.33. The van der Waals surface area contributed by atoms with Gasteiger partial charge in [0, 0.05) is 42.9 Å². The average Bonchev–Trinajstić information content (AvgIpc) is 3.19. The summed E-state index contributed by atoms with van der Waals surface area (Å²) in [7, 11) is 3.15. The molecule has 0 saturated carbocycles. The number of halogens is 1. The van der Waals surface area contributed by atoms with Crippen LogP contribution in [-0.4, -0.2) is 49.8 Å². The topological polar surface area (TPSA) is 89.9 Å². The van der Waals surface area contributed by atoms with E-state index in [9.17, 15) is 14.4 Å². The van der Waals surface area contributed by atoms with Gasteiger partial charge in [-0.1, -0.05) is 23.7 Å². The zero-order valence-corrected chi connectivity index (χ0v) is 21.1. The van der Waals surface area contributed by atoms with Crippen LogP contribution in [0.5, 0.6) is 5.75 Å². The molecule has 0 bridgehead atoms. The minimum atomic E-state index is -0.868. The van der Waals surface area contributed by atoms with E-state index in [1.165, 1.54) is 9.47 Å². The third-order valence-corrected chi connectivity index (χ3v) is 6.65. The Balaban J connectivity index is 1.72. The average molecular weight is 510 g/mol. The quantitative estimate of drug-likeness (QED) is 0.502. The van der Waals surface area contributed by atoms with Crippen LogP contribution in [0.2, 0.25) is 5.02 Å². The van der Waals surface area contributed by atoms with E-state index in [1.54, 1.807) is 51.6 Å². The molecule has 0 radical (unpaired) electrons. The number of aromatic nitrogens is 1. The number of amides is 2. The molecule has 0 aliphatic carbocycles. The van der Waals surface area contributed by atoms with Gasteiger partial charge in [0.1, 0.15) is 17.5 Å². The molecule has 8 nitrogen and oxygen atoms in total. The van der Waals surface area contributed by atoms with Crippen molar-refractivity contribution < 1.29 is 19.1 Å². The number of pyridine rings is 1. The van der Waals surface area contributed by atoms with E-state index in [2.05, 4.69) is 5.32 Å². The van der Waals surface area contributed by atoms with Gasteiger partial charge < -0.3 is 24.3 Å². The zero-order chi connectivity index (χ0) is 25.8. The Morgan fingerprint density at radius 3 is 2.39 bits per heavy atom. The van der Waals surface area contributed by atoms with Crippen molar-refractivity contribution >= 4 is 29.1 Å². The standard InChI is InChI=1S/C27H28ClN3O5/c1-17-12-13-30(14-15-35-2)27(34)24(17)31-16-22(18-6-10-21(36-3)11-7-18)23(26(31)33)29-25(32)19-4-8-20(28)9-5-19/h4-13,22-23H,14-16H2,1-3H3,(H,29,32)/t22-,23-/m0/s1. The summed E-state index contributed by atoms with van der Waals surface area (Å²) in [5.41, 5.74) is 1.94. The van der Waals surface area contributed by atoms with E-state index >= 15 is 0 Å². The molecule has 9 heteroatoms. The number of carbonyl (C=O) groups excluding carboxylic acids is 2. The fraction of sp³-hybridized carbons (Fsp3) is 0.296. The molecular weight excluding hydrogens is 482 g/mol. The largest absolute Gasteiger partial charge is 0.497 e. The highest BCUT2D eigenvalue weighted by molar-refractivity contribution is 6.30. The van der Waals surface area contributed by atoms with Crippen molar-refractivity contribution in [2.24, 2.45) is 0 Å². The van der Waals surface area contributed by atoms with Crippen molar-refractivity contribution in [2.45, 2.75) is 25.4 Å². The summed E-state index contributed by atoms with van der Waals surface area (Å²) in [6, 6.07) is 14.8. The molecule has 2 aromatic carbocycles. The van der Waals surface area contributed by atoms with E-state index in [4.69, 9.17) is 21.1 Å². The third kappa shape index (κ3) is 5.15. The second-order valence-electron chi connectivity index (χ2n) is 8.63. The first-order valence-electron chi connectivity index (χ1n) is 11.5. The number of nitrogens with one attached hydrogen (secondary N) is 1. The molecule has 1 saturated heterocycles. The lowest BCUT2D eigenvalue weighted by atomic mass is 9.93. The predicted octanol–water partition coefficient (Wildman–Crippen LogP) is 3.39. The van der Waals surface area contributed by atoms with Gasteiger partial charge in [-0.15, -0.1) is 0 Å². The molecule has 2 amide bonds.